The minimum Gasteiger partial charge on any atom is -0.313 e. The highest BCUT2D eigenvalue weighted by atomic mass is 79.9. The van der Waals surface area contributed by atoms with Crippen LogP contribution in [0.1, 0.15) is 30.9 Å². The molecule has 2 rings (SSSR count). The van der Waals surface area contributed by atoms with E-state index >= 15 is 0 Å². The summed E-state index contributed by atoms with van der Waals surface area (Å²) in [6, 6.07) is 13.2. The predicted octanol–water partition coefficient (Wildman–Crippen LogP) is 4.17. The number of pyridine rings is 1. The fraction of sp³-hybridized carbons (Fsp3) is 0.353. The number of likely N-dealkylation sites (N-methyl/N-ethyl adjacent to an activating group) is 1. The summed E-state index contributed by atoms with van der Waals surface area (Å²) in [5.74, 6) is 0.468. The summed E-state index contributed by atoms with van der Waals surface area (Å²) in [5, 5.41) is 3.61. The standard InChI is InChI=1S/C17H21BrN2/c1-3-20-17(10-14-9-16(18)12-19-11-14)13(2)15-7-5-4-6-8-15/h4-9,11-13,17,20H,3,10H2,1-2H3. The van der Waals surface area contributed by atoms with E-state index in [1.54, 1.807) is 0 Å². The molecule has 0 amide bonds. The van der Waals surface area contributed by atoms with Crippen molar-refractivity contribution in [1.82, 2.24) is 10.3 Å². The van der Waals surface area contributed by atoms with Crippen LogP contribution in [0.15, 0.2) is 53.3 Å². The Hall–Kier alpha value is -1.19. The van der Waals surface area contributed by atoms with Gasteiger partial charge in [0.05, 0.1) is 0 Å². The number of hydrogen-bond donors (Lipinski definition) is 1. The van der Waals surface area contributed by atoms with Crippen LogP contribution in [-0.4, -0.2) is 17.6 Å². The molecule has 0 spiro atoms. The number of halogens is 1. The van der Waals surface area contributed by atoms with Gasteiger partial charge in [-0.1, -0.05) is 44.2 Å². The maximum atomic E-state index is 4.25. The Kier molecular flexibility index (Phi) is 5.74. The topological polar surface area (TPSA) is 24.9 Å². The summed E-state index contributed by atoms with van der Waals surface area (Å²) >= 11 is 3.49. The van der Waals surface area contributed by atoms with Gasteiger partial charge in [0, 0.05) is 22.9 Å². The van der Waals surface area contributed by atoms with Gasteiger partial charge in [-0.25, -0.2) is 0 Å². The molecule has 0 aliphatic rings. The molecule has 1 aromatic carbocycles. The van der Waals surface area contributed by atoms with Gasteiger partial charge in [0.25, 0.3) is 0 Å². The van der Waals surface area contributed by atoms with Crippen molar-refractivity contribution >= 4 is 15.9 Å². The fourth-order valence-electron chi connectivity index (χ4n) is 2.50. The van der Waals surface area contributed by atoms with Crippen molar-refractivity contribution in [2.75, 3.05) is 6.54 Å². The second-order valence-electron chi connectivity index (χ2n) is 5.08. The lowest BCUT2D eigenvalue weighted by atomic mass is 9.89. The molecular weight excluding hydrogens is 312 g/mol. The van der Waals surface area contributed by atoms with Gasteiger partial charge in [-0.2, -0.15) is 0 Å². The molecule has 1 aromatic heterocycles. The molecule has 3 heteroatoms. The predicted molar refractivity (Wildman–Crippen MR) is 88.0 cm³/mol. The number of rotatable bonds is 6. The maximum Gasteiger partial charge on any atom is 0.0410 e. The maximum absolute atomic E-state index is 4.25. The molecule has 1 N–H and O–H groups in total. The third-order valence-corrected chi connectivity index (χ3v) is 4.05. The van der Waals surface area contributed by atoms with E-state index in [1.165, 1.54) is 11.1 Å². The van der Waals surface area contributed by atoms with Crippen molar-refractivity contribution in [2.24, 2.45) is 0 Å². The first-order chi connectivity index (χ1) is 9.70. The molecule has 20 heavy (non-hydrogen) atoms. The van der Waals surface area contributed by atoms with E-state index in [9.17, 15) is 0 Å². The minimum atomic E-state index is 0.415. The molecule has 0 saturated heterocycles. The highest BCUT2D eigenvalue weighted by Crippen LogP contribution is 2.22. The normalized spacial score (nSPS) is 13.9. The molecule has 0 bridgehead atoms. The van der Waals surface area contributed by atoms with Gasteiger partial charge in [0.1, 0.15) is 0 Å². The van der Waals surface area contributed by atoms with Gasteiger partial charge in [0.2, 0.25) is 0 Å². The average molecular weight is 333 g/mol. The average Bonchev–Trinajstić information content (AvgIpc) is 2.47. The Balaban J connectivity index is 2.14. The van der Waals surface area contributed by atoms with Crippen molar-refractivity contribution < 1.29 is 0 Å². The highest BCUT2D eigenvalue weighted by molar-refractivity contribution is 9.10. The van der Waals surface area contributed by atoms with Crippen molar-refractivity contribution in [3.8, 4) is 0 Å². The van der Waals surface area contributed by atoms with E-state index in [0.717, 1.165) is 17.4 Å². The summed E-state index contributed by atoms with van der Waals surface area (Å²) in [6.45, 7) is 5.42. The van der Waals surface area contributed by atoms with Crippen molar-refractivity contribution in [3.05, 3.63) is 64.4 Å². The largest absolute Gasteiger partial charge is 0.313 e. The quantitative estimate of drug-likeness (QED) is 0.858. The van der Waals surface area contributed by atoms with Crippen molar-refractivity contribution in [1.29, 1.82) is 0 Å². The third kappa shape index (κ3) is 4.15. The van der Waals surface area contributed by atoms with Gasteiger partial charge in [-0.05, 0) is 52.0 Å². The molecule has 2 nitrogen and oxygen atoms in total. The van der Waals surface area contributed by atoms with Gasteiger partial charge in [0.15, 0.2) is 0 Å². The molecule has 1 heterocycles. The van der Waals surface area contributed by atoms with Crippen LogP contribution in [0.4, 0.5) is 0 Å². The van der Waals surface area contributed by atoms with Crippen molar-refractivity contribution in [3.63, 3.8) is 0 Å². The van der Waals surface area contributed by atoms with Crippen LogP contribution in [0.3, 0.4) is 0 Å². The van der Waals surface area contributed by atoms with E-state index in [1.807, 2.05) is 12.4 Å². The second kappa shape index (κ2) is 7.55. The monoisotopic (exact) mass is 332 g/mol. The smallest absolute Gasteiger partial charge is 0.0410 e. The number of benzene rings is 1. The summed E-state index contributed by atoms with van der Waals surface area (Å²) in [5.41, 5.74) is 2.63. The van der Waals surface area contributed by atoms with Crippen molar-refractivity contribution in [2.45, 2.75) is 32.2 Å². The third-order valence-electron chi connectivity index (χ3n) is 3.61. The first kappa shape index (κ1) is 15.2. The molecule has 0 aliphatic heterocycles. The van der Waals surface area contributed by atoms with E-state index in [4.69, 9.17) is 0 Å². The minimum absolute atomic E-state index is 0.415. The van der Waals surface area contributed by atoms with E-state index in [-0.39, 0.29) is 0 Å². The lowest BCUT2D eigenvalue weighted by molar-refractivity contribution is 0.457. The first-order valence-electron chi connectivity index (χ1n) is 7.08. The lowest BCUT2D eigenvalue weighted by Crippen LogP contribution is -2.35. The van der Waals surface area contributed by atoms with Crippen LogP contribution >= 0.6 is 15.9 Å². The first-order valence-corrected chi connectivity index (χ1v) is 7.87. The molecule has 0 fully saturated rings. The molecule has 2 unspecified atom stereocenters. The Bertz CT molecular complexity index is 528. The van der Waals surface area contributed by atoms with E-state index in [0.29, 0.717) is 12.0 Å². The summed E-state index contributed by atoms with van der Waals surface area (Å²) in [4.78, 5) is 4.25. The number of hydrogen-bond acceptors (Lipinski definition) is 2. The van der Waals surface area contributed by atoms with E-state index in [2.05, 4.69) is 76.5 Å². The van der Waals surface area contributed by atoms with Crippen LogP contribution < -0.4 is 5.32 Å². The van der Waals surface area contributed by atoms with Crippen LogP contribution in [0, 0.1) is 0 Å². The molecule has 2 atom stereocenters. The molecular formula is C17H21BrN2. The number of nitrogens with zero attached hydrogens (tertiary/aromatic N) is 1. The second-order valence-corrected chi connectivity index (χ2v) is 5.99. The summed E-state index contributed by atoms with van der Waals surface area (Å²) in [6.07, 6.45) is 4.76. The van der Waals surface area contributed by atoms with Crippen LogP contribution in [0.5, 0.6) is 0 Å². The number of aromatic nitrogens is 1. The fourth-order valence-corrected chi connectivity index (χ4v) is 2.91. The highest BCUT2D eigenvalue weighted by Gasteiger charge is 2.18. The molecule has 2 aromatic rings. The van der Waals surface area contributed by atoms with Gasteiger partial charge < -0.3 is 5.32 Å². The van der Waals surface area contributed by atoms with Crippen LogP contribution in [-0.2, 0) is 6.42 Å². The molecule has 0 aliphatic carbocycles. The molecule has 0 radical (unpaired) electrons. The number of nitrogens with one attached hydrogen (secondary N) is 1. The Morgan fingerprint density at radius 2 is 1.95 bits per heavy atom. The van der Waals surface area contributed by atoms with Gasteiger partial charge in [-0.15, -0.1) is 0 Å². The molecule has 0 saturated carbocycles. The van der Waals surface area contributed by atoms with Crippen LogP contribution in [0.25, 0.3) is 0 Å². The zero-order valence-electron chi connectivity index (χ0n) is 12.0. The SMILES string of the molecule is CCNC(Cc1cncc(Br)c1)C(C)c1ccccc1. The van der Waals surface area contributed by atoms with Gasteiger partial charge in [-0.3, -0.25) is 4.98 Å². The Labute approximate surface area is 129 Å². The zero-order chi connectivity index (χ0) is 14.4. The van der Waals surface area contributed by atoms with E-state index < -0.39 is 0 Å². The lowest BCUT2D eigenvalue weighted by Gasteiger charge is -2.25. The summed E-state index contributed by atoms with van der Waals surface area (Å²) < 4.78 is 1.04. The Morgan fingerprint density at radius 1 is 1.20 bits per heavy atom. The molecule has 106 valence electrons. The summed E-state index contributed by atoms with van der Waals surface area (Å²) in [7, 11) is 0. The Morgan fingerprint density at radius 3 is 2.60 bits per heavy atom. The van der Waals surface area contributed by atoms with Crippen LogP contribution in [0.2, 0.25) is 0 Å². The zero-order valence-corrected chi connectivity index (χ0v) is 13.6. The van der Waals surface area contributed by atoms with Gasteiger partial charge >= 0.3 is 0 Å².